The van der Waals surface area contributed by atoms with E-state index < -0.39 is 6.04 Å². The third-order valence-corrected chi connectivity index (χ3v) is 4.53. The van der Waals surface area contributed by atoms with Gasteiger partial charge in [-0.3, -0.25) is 15.1 Å². The molecule has 0 aliphatic carbocycles. The third kappa shape index (κ3) is 3.35. The fraction of sp³-hybridized carbons (Fsp3) is 0.400. The van der Waals surface area contributed by atoms with Crippen molar-refractivity contribution in [1.29, 1.82) is 0 Å². The molecule has 0 bridgehead atoms. The fourth-order valence-electron chi connectivity index (χ4n) is 2.61. The molecule has 1 aliphatic heterocycles. The van der Waals surface area contributed by atoms with Gasteiger partial charge < -0.3 is 10.2 Å². The molecule has 8 nitrogen and oxygen atoms in total. The van der Waals surface area contributed by atoms with E-state index in [-0.39, 0.29) is 17.9 Å². The van der Waals surface area contributed by atoms with Crippen molar-refractivity contribution in [2.24, 2.45) is 5.92 Å². The van der Waals surface area contributed by atoms with E-state index in [9.17, 15) is 9.59 Å². The first kappa shape index (κ1) is 16.3. The second-order valence-corrected chi connectivity index (χ2v) is 6.71. The maximum atomic E-state index is 12.5. The lowest BCUT2D eigenvalue weighted by Crippen LogP contribution is -2.60. The Morgan fingerprint density at radius 3 is 2.96 bits per heavy atom. The van der Waals surface area contributed by atoms with Crippen molar-refractivity contribution in [3.8, 4) is 10.7 Å². The molecular weight excluding hydrogens is 328 g/mol. The highest BCUT2D eigenvalue weighted by molar-refractivity contribution is 7.18. The summed E-state index contributed by atoms with van der Waals surface area (Å²) in [6.07, 6.45) is 1.68. The summed E-state index contributed by atoms with van der Waals surface area (Å²) >= 11 is 1.24. The first-order chi connectivity index (χ1) is 11.6. The molecule has 1 fully saturated rings. The first-order valence-electron chi connectivity index (χ1n) is 7.66. The van der Waals surface area contributed by atoms with Gasteiger partial charge in [-0.25, -0.2) is 4.79 Å². The Labute approximate surface area is 143 Å². The van der Waals surface area contributed by atoms with Crippen LogP contribution in [0.5, 0.6) is 0 Å². The molecule has 3 heterocycles. The number of pyridine rings is 1. The molecule has 9 heteroatoms. The summed E-state index contributed by atoms with van der Waals surface area (Å²) < 4.78 is 0. The predicted molar refractivity (Wildman–Crippen MR) is 90.5 cm³/mol. The van der Waals surface area contributed by atoms with E-state index in [0.717, 1.165) is 0 Å². The second-order valence-electron chi connectivity index (χ2n) is 5.73. The number of carbonyl (C=O) groups excluding carboxylic acids is 2. The Morgan fingerprint density at radius 1 is 1.42 bits per heavy atom. The van der Waals surface area contributed by atoms with E-state index >= 15 is 0 Å². The number of hydrogen-bond acceptors (Lipinski definition) is 6. The largest absolute Gasteiger partial charge is 0.353 e. The van der Waals surface area contributed by atoms with Crippen LogP contribution >= 0.6 is 11.3 Å². The predicted octanol–water partition coefficient (Wildman–Crippen LogP) is 1.59. The smallest absolute Gasteiger partial charge is 0.324 e. The highest BCUT2D eigenvalue weighted by Crippen LogP contribution is 2.25. The zero-order valence-electron chi connectivity index (χ0n) is 13.4. The van der Waals surface area contributed by atoms with Crippen LogP contribution in [-0.4, -0.2) is 51.2 Å². The van der Waals surface area contributed by atoms with Crippen molar-refractivity contribution in [3.63, 3.8) is 0 Å². The molecule has 2 aromatic rings. The van der Waals surface area contributed by atoms with Crippen LogP contribution in [0.25, 0.3) is 10.7 Å². The summed E-state index contributed by atoms with van der Waals surface area (Å²) in [4.78, 5) is 30.3. The average molecular weight is 346 g/mol. The lowest BCUT2D eigenvalue weighted by atomic mass is 10.0. The van der Waals surface area contributed by atoms with E-state index in [1.54, 1.807) is 11.1 Å². The molecule has 0 unspecified atom stereocenters. The number of piperazine rings is 1. The van der Waals surface area contributed by atoms with Gasteiger partial charge in [0.1, 0.15) is 11.7 Å². The van der Waals surface area contributed by atoms with E-state index in [1.807, 2.05) is 32.0 Å². The van der Waals surface area contributed by atoms with Crippen LogP contribution in [0, 0.1) is 5.92 Å². The highest BCUT2D eigenvalue weighted by atomic mass is 32.1. The van der Waals surface area contributed by atoms with Crippen LogP contribution in [0.15, 0.2) is 24.4 Å². The van der Waals surface area contributed by atoms with Crippen LogP contribution in [-0.2, 0) is 4.79 Å². The van der Waals surface area contributed by atoms with Gasteiger partial charge in [-0.2, -0.15) is 0 Å². The molecule has 1 saturated heterocycles. The average Bonchev–Trinajstić information content (AvgIpc) is 3.03. The Kier molecular flexibility index (Phi) is 4.70. The van der Waals surface area contributed by atoms with Crippen molar-refractivity contribution in [2.45, 2.75) is 19.9 Å². The number of anilines is 1. The molecule has 0 saturated carbocycles. The molecule has 3 amide bonds. The summed E-state index contributed by atoms with van der Waals surface area (Å²) in [6.45, 7) is 4.75. The number of nitrogens with zero attached hydrogens (tertiary/aromatic N) is 4. The van der Waals surface area contributed by atoms with Gasteiger partial charge in [0.25, 0.3) is 0 Å². The van der Waals surface area contributed by atoms with Gasteiger partial charge in [-0.15, -0.1) is 10.2 Å². The number of aromatic nitrogens is 3. The Bertz CT molecular complexity index is 733. The number of amides is 3. The summed E-state index contributed by atoms with van der Waals surface area (Å²) in [5.74, 6) is -0.104. The Morgan fingerprint density at radius 2 is 2.25 bits per heavy atom. The fourth-order valence-corrected chi connectivity index (χ4v) is 3.32. The van der Waals surface area contributed by atoms with Crippen molar-refractivity contribution in [3.05, 3.63) is 24.4 Å². The highest BCUT2D eigenvalue weighted by Gasteiger charge is 2.35. The first-order valence-corrected chi connectivity index (χ1v) is 8.48. The maximum Gasteiger partial charge on any atom is 0.324 e. The minimum Gasteiger partial charge on any atom is -0.353 e. The molecular formula is C15H18N6O2S. The Hall–Kier alpha value is -2.55. The molecule has 1 atom stereocenters. The lowest BCUT2D eigenvalue weighted by Gasteiger charge is -2.36. The number of rotatable bonds is 3. The summed E-state index contributed by atoms with van der Waals surface area (Å²) in [5, 5.41) is 14.6. The quantitative estimate of drug-likeness (QED) is 0.879. The van der Waals surface area contributed by atoms with Gasteiger partial charge in [0.05, 0.1) is 0 Å². The van der Waals surface area contributed by atoms with Gasteiger partial charge >= 0.3 is 6.03 Å². The van der Waals surface area contributed by atoms with Crippen LogP contribution in [0.4, 0.5) is 9.93 Å². The molecule has 126 valence electrons. The minimum atomic E-state index is -0.484. The third-order valence-electron chi connectivity index (χ3n) is 3.67. The minimum absolute atomic E-state index is 0.0227. The number of hydrogen-bond donors (Lipinski definition) is 2. The number of nitrogens with one attached hydrogen (secondary N) is 2. The molecule has 24 heavy (non-hydrogen) atoms. The van der Waals surface area contributed by atoms with Gasteiger partial charge in [-0.05, 0) is 18.1 Å². The second kappa shape index (κ2) is 6.91. The molecule has 0 radical (unpaired) electrons. The molecule has 2 aromatic heterocycles. The van der Waals surface area contributed by atoms with Crippen LogP contribution in [0.1, 0.15) is 13.8 Å². The summed E-state index contributed by atoms with van der Waals surface area (Å²) in [6, 6.07) is 4.69. The SMILES string of the molecule is CC(C)[C@@H]1C(=O)NCCN1C(=O)Nc1nnc(-c2ccccn2)s1. The van der Waals surface area contributed by atoms with Crippen molar-refractivity contribution >= 4 is 28.4 Å². The topological polar surface area (TPSA) is 100 Å². The molecule has 3 rings (SSSR count). The van der Waals surface area contributed by atoms with Crippen molar-refractivity contribution in [1.82, 2.24) is 25.4 Å². The van der Waals surface area contributed by atoms with E-state index in [4.69, 9.17) is 0 Å². The lowest BCUT2D eigenvalue weighted by molar-refractivity contribution is -0.129. The normalized spacial score (nSPS) is 17.7. The van der Waals surface area contributed by atoms with Crippen LogP contribution < -0.4 is 10.6 Å². The van der Waals surface area contributed by atoms with E-state index in [0.29, 0.717) is 28.9 Å². The van der Waals surface area contributed by atoms with Crippen molar-refractivity contribution in [2.75, 3.05) is 18.4 Å². The zero-order valence-corrected chi connectivity index (χ0v) is 14.2. The van der Waals surface area contributed by atoms with E-state index in [2.05, 4.69) is 25.8 Å². The van der Waals surface area contributed by atoms with Gasteiger partial charge in [0.15, 0.2) is 5.01 Å². The van der Waals surface area contributed by atoms with Crippen molar-refractivity contribution < 1.29 is 9.59 Å². The zero-order chi connectivity index (χ0) is 17.1. The van der Waals surface area contributed by atoms with Crippen LogP contribution in [0.3, 0.4) is 0 Å². The summed E-state index contributed by atoms with van der Waals surface area (Å²) in [7, 11) is 0. The molecule has 0 aromatic carbocycles. The number of carbonyl (C=O) groups is 2. The van der Waals surface area contributed by atoms with Gasteiger partial charge in [0.2, 0.25) is 11.0 Å². The molecule has 1 aliphatic rings. The maximum absolute atomic E-state index is 12.5. The standard InChI is InChI=1S/C15H18N6O2S/c1-9(2)11-12(22)17-7-8-21(11)15(23)18-14-20-19-13(24-14)10-5-3-4-6-16-10/h3-6,9,11H,7-8H2,1-2H3,(H,17,22)(H,18,20,23)/t11-/m1/s1. The Balaban J connectivity index is 1.73. The van der Waals surface area contributed by atoms with Gasteiger partial charge in [0, 0.05) is 19.3 Å². The van der Waals surface area contributed by atoms with Crippen LogP contribution in [0.2, 0.25) is 0 Å². The number of urea groups is 1. The molecule has 0 spiro atoms. The van der Waals surface area contributed by atoms with Gasteiger partial charge in [-0.1, -0.05) is 31.3 Å². The summed E-state index contributed by atoms with van der Waals surface area (Å²) in [5.41, 5.74) is 0.702. The van der Waals surface area contributed by atoms with E-state index in [1.165, 1.54) is 11.3 Å². The monoisotopic (exact) mass is 346 g/mol. The molecule has 2 N–H and O–H groups in total.